The lowest BCUT2D eigenvalue weighted by atomic mass is 9.96. The monoisotopic (exact) mass is 147 g/mol. The average Bonchev–Trinajstić information content (AvgIpc) is 1.86. The van der Waals surface area contributed by atoms with Crippen molar-refractivity contribution in [2.24, 2.45) is 0 Å². The average molecular weight is 147 g/mol. The van der Waals surface area contributed by atoms with Gasteiger partial charge in [0.15, 0.2) is 0 Å². The first-order chi connectivity index (χ1) is 4.41. The second-order valence-corrected chi connectivity index (χ2v) is 2.67. The van der Waals surface area contributed by atoms with Crippen LogP contribution < -0.4 is 0 Å². The summed E-state index contributed by atoms with van der Waals surface area (Å²) >= 11 is 0. The molecule has 0 saturated carbocycles. The van der Waals surface area contributed by atoms with Crippen LogP contribution in [0.2, 0.25) is 0 Å². The number of rotatable bonds is 3. The topological polar surface area (TPSA) is 63.4 Å². The standard InChI is InChI=1S/C6H13NO3/c1-4-6(3,8)5(2)7(9)10/h5,8H,4H2,1-3H3/t5?,6-/m0/s1. The maximum Gasteiger partial charge on any atom is 0.238 e. The van der Waals surface area contributed by atoms with Gasteiger partial charge in [0.2, 0.25) is 6.04 Å². The van der Waals surface area contributed by atoms with E-state index in [4.69, 9.17) is 0 Å². The summed E-state index contributed by atoms with van der Waals surface area (Å²) in [6, 6.07) is -0.891. The van der Waals surface area contributed by atoms with Crippen molar-refractivity contribution in [2.45, 2.75) is 38.8 Å². The zero-order valence-corrected chi connectivity index (χ0v) is 6.50. The molecule has 0 aromatic carbocycles. The fraction of sp³-hybridized carbons (Fsp3) is 1.00. The van der Waals surface area contributed by atoms with E-state index < -0.39 is 16.6 Å². The van der Waals surface area contributed by atoms with Gasteiger partial charge in [0, 0.05) is 11.8 Å². The Morgan fingerprint density at radius 2 is 2.20 bits per heavy atom. The third-order valence-corrected chi connectivity index (χ3v) is 1.93. The van der Waals surface area contributed by atoms with Gasteiger partial charge in [-0.25, -0.2) is 0 Å². The van der Waals surface area contributed by atoms with Crippen molar-refractivity contribution >= 4 is 0 Å². The third-order valence-electron chi connectivity index (χ3n) is 1.93. The van der Waals surface area contributed by atoms with Crippen molar-refractivity contribution < 1.29 is 10.0 Å². The van der Waals surface area contributed by atoms with Crippen LogP contribution in [0, 0.1) is 10.1 Å². The van der Waals surface area contributed by atoms with E-state index in [0.29, 0.717) is 6.42 Å². The van der Waals surface area contributed by atoms with Gasteiger partial charge in [0.25, 0.3) is 0 Å². The lowest BCUT2D eigenvalue weighted by Gasteiger charge is -2.21. The summed E-state index contributed by atoms with van der Waals surface area (Å²) in [7, 11) is 0. The number of nitrogens with zero attached hydrogens (tertiary/aromatic N) is 1. The van der Waals surface area contributed by atoms with Crippen molar-refractivity contribution in [1.29, 1.82) is 0 Å². The first-order valence-electron chi connectivity index (χ1n) is 3.27. The molecule has 2 atom stereocenters. The molecule has 0 bridgehead atoms. The molecule has 0 saturated heterocycles. The zero-order chi connectivity index (χ0) is 8.36. The molecule has 0 fully saturated rings. The SMILES string of the molecule is CC[C@](C)(O)C(C)[N+](=O)[O-]. The molecule has 0 aliphatic rings. The molecule has 0 aromatic rings. The van der Waals surface area contributed by atoms with E-state index >= 15 is 0 Å². The van der Waals surface area contributed by atoms with Crippen LogP contribution in [0.1, 0.15) is 27.2 Å². The molecule has 4 nitrogen and oxygen atoms in total. The first-order valence-corrected chi connectivity index (χ1v) is 3.27. The molecule has 0 radical (unpaired) electrons. The van der Waals surface area contributed by atoms with Crippen LogP contribution >= 0.6 is 0 Å². The van der Waals surface area contributed by atoms with Gasteiger partial charge in [-0.1, -0.05) is 6.92 Å². The molecule has 0 amide bonds. The summed E-state index contributed by atoms with van der Waals surface area (Å²) < 4.78 is 0. The van der Waals surface area contributed by atoms with Crippen LogP contribution in [0.15, 0.2) is 0 Å². The molecule has 0 aliphatic carbocycles. The van der Waals surface area contributed by atoms with E-state index in [2.05, 4.69) is 0 Å². The van der Waals surface area contributed by atoms with E-state index in [0.717, 1.165) is 0 Å². The highest BCUT2D eigenvalue weighted by Crippen LogP contribution is 2.15. The fourth-order valence-electron chi connectivity index (χ4n) is 0.522. The van der Waals surface area contributed by atoms with Gasteiger partial charge in [0.1, 0.15) is 5.60 Å². The fourth-order valence-corrected chi connectivity index (χ4v) is 0.522. The lowest BCUT2D eigenvalue weighted by Crippen LogP contribution is -2.41. The van der Waals surface area contributed by atoms with E-state index in [-0.39, 0.29) is 0 Å². The second kappa shape index (κ2) is 2.96. The Kier molecular flexibility index (Phi) is 2.77. The molecule has 0 aliphatic heterocycles. The Morgan fingerprint density at radius 3 is 2.30 bits per heavy atom. The molecule has 10 heavy (non-hydrogen) atoms. The van der Waals surface area contributed by atoms with Crippen LogP contribution in [0.25, 0.3) is 0 Å². The Morgan fingerprint density at radius 1 is 1.80 bits per heavy atom. The minimum absolute atomic E-state index is 0.398. The van der Waals surface area contributed by atoms with E-state index in [1.165, 1.54) is 13.8 Å². The molecule has 1 N–H and O–H groups in total. The Bertz CT molecular complexity index is 133. The maximum absolute atomic E-state index is 10.2. The normalized spacial score (nSPS) is 19.6. The van der Waals surface area contributed by atoms with Gasteiger partial charge in [-0.3, -0.25) is 10.1 Å². The molecule has 0 aromatic heterocycles. The zero-order valence-electron chi connectivity index (χ0n) is 6.50. The van der Waals surface area contributed by atoms with Crippen LogP contribution in [0.5, 0.6) is 0 Å². The van der Waals surface area contributed by atoms with Crippen LogP contribution in [-0.2, 0) is 0 Å². The summed E-state index contributed by atoms with van der Waals surface area (Å²) in [6.07, 6.45) is 0.398. The number of aliphatic hydroxyl groups is 1. The van der Waals surface area contributed by atoms with Crippen molar-refractivity contribution in [1.82, 2.24) is 0 Å². The summed E-state index contributed by atoms with van der Waals surface area (Å²) in [5.41, 5.74) is -1.18. The molecular weight excluding hydrogens is 134 g/mol. The van der Waals surface area contributed by atoms with Gasteiger partial charge < -0.3 is 5.11 Å². The quantitative estimate of drug-likeness (QED) is 0.474. The predicted octanol–water partition coefficient (Wildman–Crippen LogP) is 0.813. The van der Waals surface area contributed by atoms with Crippen molar-refractivity contribution in [2.75, 3.05) is 0 Å². The lowest BCUT2D eigenvalue weighted by molar-refractivity contribution is -0.540. The van der Waals surface area contributed by atoms with E-state index in [1.54, 1.807) is 6.92 Å². The Balaban J connectivity index is 4.17. The molecule has 1 unspecified atom stereocenters. The smallest absolute Gasteiger partial charge is 0.238 e. The van der Waals surface area contributed by atoms with Crippen molar-refractivity contribution in [3.63, 3.8) is 0 Å². The molecule has 0 heterocycles. The van der Waals surface area contributed by atoms with E-state index in [9.17, 15) is 15.2 Å². The first kappa shape index (κ1) is 9.36. The minimum atomic E-state index is -1.18. The van der Waals surface area contributed by atoms with Crippen molar-refractivity contribution in [3.05, 3.63) is 10.1 Å². The van der Waals surface area contributed by atoms with Crippen LogP contribution in [-0.4, -0.2) is 21.7 Å². The maximum atomic E-state index is 10.2. The third kappa shape index (κ3) is 1.95. The minimum Gasteiger partial charge on any atom is -0.383 e. The summed E-state index contributed by atoms with van der Waals surface area (Å²) in [4.78, 5) is 9.68. The summed E-state index contributed by atoms with van der Waals surface area (Å²) in [6.45, 7) is 4.60. The highest BCUT2D eigenvalue weighted by molar-refractivity contribution is 4.76. The number of hydrogen-bond acceptors (Lipinski definition) is 3. The summed E-state index contributed by atoms with van der Waals surface area (Å²) in [5, 5.41) is 19.5. The van der Waals surface area contributed by atoms with Gasteiger partial charge >= 0.3 is 0 Å². The van der Waals surface area contributed by atoms with Crippen molar-refractivity contribution in [3.8, 4) is 0 Å². The highest BCUT2D eigenvalue weighted by atomic mass is 16.6. The molecule has 0 spiro atoms. The number of nitro groups is 1. The highest BCUT2D eigenvalue weighted by Gasteiger charge is 2.34. The van der Waals surface area contributed by atoms with Gasteiger partial charge in [-0.05, 0) is 13.3 Å². The number of hydrogen-bond donors (Lipinski definition) is 1. The second-order valence-electron chi connectivity index (χ2n) is 2.67. The molecule has 4 heteroatoms. The molecule has 0 rings (SSSR count). The predicted molar refractivity (Wildman–Crippen MR) is 37.4 cm³/mol. The summed E-state index contributed by atoms with van der Waals surface area (Å²) in [5.74, 6) is 0. The van der Waals surface area contributed by atoms with Gasteiger partial charge in [-0.2, -0.15) is 0 Å². The van der Waals surface area contributed by atoms with Crippen LogP contribution in [0.3, 0.4) is 0 Å². The van der Waals surface area contributed by atoms with Gasteiger partial charge in [0.05, 0.1) is 0 Å². The van der Waals surface area contributed by atoms with Crippen LogP contribution in [0.4, 0.5) is 0 Å². The Hall–Kier alpha value is -0.640. The molecular formula is C6H13NO3. The van der Waals surface area contributed by atoms with Gasteiger partial charge in [-0.15, -0.1) is 0 Å². The van der Waals surface area contributed by atoms with E-state index in [1.807, 2.05) is 0 Å². The molecule has 60 valence electrons. The largest absolute Gasteiger partial charge is 0.383 e. The Labute approximate surface area is 60.0 Å².